The molecule has 0 aromatic rings. The summed E-state index contributed by atoms with van der Waals surface area (Å²) in [7, 11) is 1.94. The summed E-state index contributed by atoms with van der Waals surface area (Å²) in [6, 6.07) is 0. The summed E-state index contributed by atoms with van der Waals surface area (Å²) < 4.78 is 0. The number of nitrogens with zero attached hydrogens (tertiary/aromatic N) is 3. The second-order valence-corrected chi connectivity index (χ2v) is 3.61. The van der Waals surface area contributed by atoms with Gasteiger partial charge < -0.3 is 16.0 Å². The molecule has 3 N–H and O–H groups in total. The first-order valence-corrected chi connectivity index (χ1v) is 4.38. The Morgan fingerprint density at radius 1 is 1.54 bits per heavy atom. The molecule has 74 valence electrons. The van der Waals surface area contributed by atoms with Crippen LogP contribution in [0.25, 0.3) is 0 Å². The van der Waals surface area contributed by atoms with Gasteiger partial charge in [-0.1, -0.05) is 0 Å². The predicted octanol–water partition coefficient (Wildman–Crippen LogP) is -0.0519. The number of hydrogen-bond donors (Lipinski definition) is 2. The van der Waals surface area contributed by atoms with Crippen molar-refractivity contribution < 1.29 is 0 Å². The maximum absolute atomic E-state index is 5.62. The van der Waals surface area contributed by atoms with E-state index in [1.165, 1.54) is 0 Å². The van der Waals surface area contributed by atoms with E-state index < -0.39 is 0 Å². The van der Waals surface area contributed by atoms with E-state index in [9.17, 15) is 0 Å². The maximum atomic E-state index is 5.62. The van der Waals surface area contributed by atoms with Crippen LogP contribution < -0.4 is 11.1 Å². The molecular weight excluding hydrogens is 166 g/mol. The maximum Gasteiger partial charge on any atom is 0.225 e. The molecule has 0 aliphatic carbocycles. The van der Waals surface area contributed by atoms with Gasteiger partial charge in [-0.25, -0.2) is 4.99 Å². The van der Waals surface area contributed by atoms with Gasteiger partial charge in [0.05, 0.1) is 0 Å². The Labute approximate surface area is 78.7 Å². The average molecular weight is 183 g/mol. The van der Waals surface area contributed by atoms with Crippen LogP contribution in [0.4, 0.5) is 0 Å². The number of nitrogens with two attached hydrogens (primary N) is 1. The first-order chi connectivity index (χ1) is 5.94. The van der Waals surface area contributed by atoms with Crippen LogP contribution >= 0.6 is 0 Å². The van der Waals surface area contributed by atoms with Crippen molar-refractivity contribution >= 4 is 11.9 Å². The Balaban J connectivity index is 2.89. The molecule has 1 aliphatic rings. The fourth-order valence-corrected chi connectivity index (χ4v) is 1.06. The molecule has 0 aromatic carbocycles. The zero-order chi connectivity index (χ0) is 10.1. The van der Waals surface area contributed by atoms with Crippen LogP contribution in [-0.2, 0) is 0 Å². The topological polar surface area (TPSA) is 66.0 Å². The van der Waals surface area contributed by atoms with Gasteiger partial charge in [0.2, 0.25) is 5.96 Å². The summed E-state index contributed by atoms with van der Waals surface area (Å²) in [5, 5.41) is 2.98. The highest BCUT2D eigenvalue weighted by molar-refractivity contribution is 5.96. The number of nitrogens with one attached hydrogen (secondary N) is 1. The van der Waals surface area contributed by atoms with Gasteiger partial charge in [-0.3, -0.25) is 0 Å². The molecule has 0 unspecified atom stereocenters. The first kappa shape index (κ1) is 9.83. The molecule has 5 heteroatoms. The molecule has 0 atom stereocenters. The van der Waals surface area contributed by atoms with Crippen LogP contribution in [-0.4, -0.2) is 36.1 Å². The molecule has 1 heterocycles. The van der Waals surface area contributed by atoms with Crippen LogP contribution in [0.3, 0.4) is 0 Å². The van der Waals surface area contributed by atoms with E-state index in [0.29, 0.717) is 11.9 Å². The number of hydrogen-bond acceptors (Lipinski definition) is 5. The molecule has 0 spiro atoms. The van der Waals surface area contributed by atoms with Crippen LogP contribution in [0.1, 0.15) is 20.8 Å². The van der Waals surface area contributed by atoms with Crippen molar-refractivity contribution in [2.75, 3.05) is 13.6 Å². The average Bonchev–Trinajstić information content (AvgIpc) is 1.99. The summed E-state index contributed by atoms with van der Waals surface area (Å²) in [5.41, 5.74) is 5.27. The molecule has 13 heavy (non-hydrogen) atoms. The monoisotopic (exact) mass is 183 g/mol. The third kappa shape index (κ3) is 2.34. The third-order valence-corrected chi connectivity index (χ3v) is 1.85. The predicted molar refractivity (Wildman–Crippen MR) is 54.6 cm³/mol. The second kappa shape index (κ2) is 3.24. The van der Waals surface area contributed by atoms with Gasteiger partial charge in [0.1, 0.15) is 5.66 Å². The lowest BCUT2D eigenvalue weighted by Crippen LogP contribution is -2.51. The molecule has 0 saturated carbocycles. The molecule has 0 fully saturated rings. The van der Waals surface area contributed by atoms with Crippen molar-refractivity contribution in [3.05, 3.63) is 0 Å². The fourth-order valence-electron chi connectivity index (χ4n) is 1.06. The Kier molecular flexibility index (Phi) is 2.45. The Bertz CT molecular complexity index is 253. The van der Waals surface area contributed by atoms with Gasteiger partial charge in [-0.05, 0) is 20.8 Å². The highest BCUT2D eigenvalue weighted by atomic mass is 15.4. The van der Waals surface area contributed by atoms with Gasteiger partial charge in [0.15, 0.2) is 5.96 Å². The minimum Gasteiger partial charge on any atom is -0.370 e. The molecular formula is C8H17N5. The van der Waals surface area contributed by atoms with Gasteiger partial charge >= 0.3 is 0 Å². The van der Waals surface area contributed by atoms with Crippen molar-refractivity contribution in [1.82, 2.24) is 10.2 Å². The third-order valence-electron chi connectivity index (χ3n) is 1.85. The van der Waals surface area contributed by atoms with Crippen LogP contribution in [0.15, 0.2) is 9.98 Å². The van der Waals surface area contributed by atoms with Crippen LogP contribution in [0.5, 0.6) is 0 Å². The molecule has 0 aromatic heterocycles. The lowest BCUT2D eigenvalue weighted by Gasteiger charge is -2.29. The van der Waals surface area contributed by atoms with E-state index >= 15 is 0 Å². The van der Waals surface area contributed by atoms with Crippen LogP contribution in [0.2, 0.25) is 0 Å². The van der Waals surface area contributed by atoms with Gasteiger partial charge in [0, 0.05) is 13.6 Å². The molecule has 5 nitrogen and oxygen atoms in total. The summed E-state index contributed by atoms with van der Waals surface area (Å²) in [4.78, 5) is 10.5. The summed E-state index contributed by atoms with van der Waals surface area (Å²) >= 11 is 0. The Hall–Kier alpha value is -1.26. The van der Waals surface area contributed by atoms with Crippen molar-refractivity contribution in [3.63, 3.8) is 0 Å². The van der Waals surface area contributed by atoms with Crippen molar-refractivity contribution in [2.24, 2.45) is 15.7 Å². The van der Waals surface area contributed by atoms with E-state index in [2.05, 4.69) is 15.3 Å². The summed E-state index contributed by atoms with van der Waals surface area (Å²) in [5.74, 6) is 1.11. The summed E-state index contributed by atoms with van der Waals surface area (Å²) in [6.45, 7) is 6.82. The second-order valence-electron chi connectivity index (χ2n) is 3.61. The van der Waals surface area contributed by atoms with Crippen molar-refractivity contribution in [3.8, 4) is 0 Å². The minimum absolute atomic E-state index is 0.357. The SMILES string of the molecule is CCN(C)C1=NC(C)(C)NC(N)=N1. The standard InChI is InChI=1S/C8H17N5/c1-5-13(4)7-10-6(9)11-8(2,3)12-7/h5H2,1-4H3,(H3,9,10,11,12). The molecule has 1 rings (SSSR count). The molecule has 1 aliphatic heterocycles. The van der Waals surface area contributed by atoms with E-state index in [1.807, 2.05) is 32.7 Å². The van der Waals surface area contributed by atoms with E-state index in [1.54, 1.807) is 0 Å². The summed E-state index contributed by atoms with van der Waals surface area (Å²) in [6.07, 6.45) is 0. The first-order valence-electron chi connectivity index (χ1n) is 4.38. The highest BCUT2D eigenvalue weighted by Crippen LogP contribution is 2.09. The Morgan fingerprint density at radius 2 is 2.15 bits per heavy atom. The van der Waals surface area contributed by atoms with Gasteiger partial charge in [0.25, 0.3) is 0 Å². The highest BCUT2D eigenvalue weighted by Gasteiger charge is 2.23. The number of guanidine groups is 2. The molecule has 0 amide bonds. The molecule has 0 bridgehead atoms. The molecule has 0 radical (unpaired) electrons. The van der Waals surface area contributed by atoms with Gasteiger partial charge in [-0.2, -0.15) is 4.99 Å². The Morgan fingerprint density at radius 3 is 2.62 bits per heavy atom. The molecule has 0 saturated heterocycles. The van der Waals surface area contributed by atoms with E-state index in [0.717, 1.165) is 6.54 Å². The minimum atomic E-state index is -0.357. The fraction of sp³-hybridized carbons (Fsp3) is 0.750. The van der Waals surface area contributed by atoms with E-state index in [-0.39, 0.29) is 5.66 Å². The quantitative estimate of drug-likeness (QED) is 0.599. The van der Waals surface area contributed by atoms with Crippen LogP contribution in [0, 0.1) is 0 Å². The van der Waals surface area contributed by atoms with Crippen molar-refractivity contribution in [1.29, 1.82) is 0 Å². The lowest BCUT2D eigenvalue weighted by molar-refractivity contribution is 0.445. The zero-order valence-electron chi connectivity index (χ0n) is 8.63. The largest absolute Gasteiger partial charge is 0.370 e. The zero-order valence-corrected chi connectivity index (χ0v) is 8.63. The lowest BCUT2D eigenvalue weighted by atomic mass is 10.2. The number of rotatable bonds is 1. The smallest absolute Gasteiger partial charge is 0.225 e. The van der Waals surface area contributed by atoms with Crippen molar-refractivity contribution in [2.45, 2.75) is 26.4 Å². The number of aliphatic imine (C=N–C) groups is 2. The normalized spacial score (nSPS) is 20.0. The van der Waals surface area contributed by atoms with E-state index in [4.69, 9.17) is 5.73 Å². The van der Waals surface area contributed by atoms with Gasteiger partial charge in [-0.15, -0.1) is 0 Å².